The summed E-state index contributed by atoms with van der Waals surface area (Å²) in [6, 6.07) is 0.369. The van der Waals surface area contributed by atoms with Crippen LogP contribution in [0.4, 0.5) is 0 Å². The fourth-order valence-corrected chi connectivity index (χ4v) is 1.99. The number of nitrogens with one attached hydrogen (secondary N) is 1. The Kier molecular flexibility index (Phi) is 5.02. The van der Waals surface area contributed by atoms with Gasteiger partial charge in [-0.15, -0.1) is 0 Å². The van der Waals surface area contributed by atoms with Gasteiger partial charge in [-0.25, -0.2) is 0 Å². The Hall–Kier alpha value is -0.540. The lowest BCUT2D eigenvalue weighted by molar-refractivity contribution is 0.418. The van der Waals surface area contributed by atoms with Gasteiger partial charge in [0.25, 0.3) is 0 Å². The molecule has 0 spiro atoms. The van der Waals surface area contributed by atoms with E-state index in [4.69, 9.17) is 11.6 Å². The molecule has 0 aliphatic rings. The Labute approximate surface area is 110 Å². The summed E-state index contributed by atoms with van der Waals surface area (Å²) in [6.07, 6.45) is 3.80. The second kappa shape index (κ2) is 5.87. The molecule has 17 heavy (non-hydrogen) atoms. The SMILES string of the molecule is CC(C)n1ncc(Cl)c1CCCNC(C)(C)C. The summed E-state index contributed by atoms with van der Waals surface area (Å²) in [5.41, 5.74) is 1.33. The van der Waals surface area contributed by atoms with E-state index in [1.807, 2.05) is 4.68 Å². The molecule has 0 saturated heterocycles. The maximum atomic E-state index is 6.15. The molecule has 4 heteroatoms. The van der Waals surface area contributed by atoms with Crippen LogP contribution >= 0.6 is 11.6 Å². The monoisotopic (exact) mass is 257 g/mol. The number of hydrogen-bond acceptors (Lipinski definition) is 2. The van der Waals surface area contributed by atoms with Crippen LogP contribution in [0.1, 0.15) is 52.8 Å². The second-order valence-electron chi connectivity index (χ2n) is 5.76. The molecule has 1 aromatic heterocycles. The standard InChI is InChI=1S/C13H24ClN3/c1-10(2)17-12(11(14)9-16-17)7-6-8-15-13(3,4)5/h9-10,15H,6-8H2,1-5H3. The summed E-state index contributed by atoms with van der Waals surface area (Å²) in [4.78, 5) is 0. The number of nitrogens with zero attached hydrogens (tertiary/aromatic N) is 2. The van der Waals surface area contributed by atoms with Crippen molar-refractivity contribution in [1.29, 1.82) is 0 Å². The van der Waals surface area contributed by atoms with Gasteiger partial charge in [0, 0.05) is 11.6 Å². The fraction of sp³-hybridized carbons (Fsp3) is 0.769. The highest BCUT2D eigenvalue weighted by Crippen LogP contribution is 2.20. The molecule has 1 rings (SSSR count). The Morgan fingerprint density at radius 1 is 1.41 bits per heavy atom. The maximum absolute atomic E-state index is 6.15. The van der Waals surface area contributed by atoms with E-state index < -0.39 is 0 Å². The van der Waals surface area contributed by atoms with Crippen molar-refractivity contribution in [2.75, 3.05) is 6.54 Å². The predicted octanol–water partition coefficient (Wildman–Crippen LogP) is 3.44. The molecule has 3 nitrogen and oxygen atoms in total. The summed E-state index contributed by atoms with van der Waals surface area (Å²) in [6.45, 7) is 11.8. The van der Waals surface area contributed by atoms with Gasteiger partial charge in [-0.1, -0.05) is 11.6 Å². The van der Waals surface area contributed by atoms with Crippen LogP contribution in [0.25, 0.3) is 0 Å². The van der Waals surface area contributed by atoms with Gasteiger partial charge in [0.05, 0.1) is 16.9 Å². The maximum Gasteiger partial charge on any atom is 0.0817 e. The molecule has 0 bridgehead atoms. The van der Waals surface area contributed by atoms with Gasteiger partial charge in [0.1, 0.15) is 0 Å². The Morgan fingerprint density at radius 2 is 2.06 bits per heavy atom. The number of rotatable bonds is 5. The first-order valence-electron chi connectivity index (χ1n) is 6.28. The molecule has 0 atom stereocenters. The summed E-state index contributed by atoms with van der Waals surface area (Å²) in [5.74, 6) is 0. The van der Waals surface area contributed by atoms with Gasteiger partial charge < -0.3 is 5.32 Å². The minimum absolute atomic E-state index is 0.183. The Balaban J connectivity index is 2.49. The molecule has 98 valence electrons. The molecule has 0 aliphatic carbocycles. The molecule has 0 amide bonds. The Bertz CT molecular complexity index is 350. The van der Waals surface area contributed by atoms with Crippen molar-refractivity contribution in [1.82, 2.24) is 15.1 Å². The third kappa shape index (κ3) is 4.68. The van der Waals surface area contributed by atoms with Crippen molar-refractivity contribution in [2.24, 2.45) is 0 Å². The van der Waals surface area contributed by atoms with Crippen LogP contribution in [0.3, 0.4) is 0 Å². The molecule has 1 heterocycles. The summed E-state index contributed by atoms with van der Waals surface area (Å²) < 4.78 is 2.01. The quantitative estimate of drug-likeness (QED) is 0.819. The van der Waals surface area contributed by atoms with Crippen LogP contribution in [0.15, 0.2) is 6.20 Å². The van der Waals surface area contributed by atoms with Gasteiger partial charge in [0.2, 0.25) is 0 Å². The Morgan fingerprint density at radius 3 is 2.59 bits per heavy atom. The topological polar surface area (TPSA) is 29.9 Å². The summed E-state index contributed by atoms with van der Waals surface area (Å²) >= 11 is 6.15. The molecular weight excluding hydrogens is 234 g/mol. The lowest BCUT2D eigenvalue weighted by Gasteiger charge is -2.20. The zero-order chi connectivity index (χ0) is 13.1. The van der Waals surface area contributed by atoms with E-state index in [-0.39, 0.29) is 5.54 Å². The lowest BCUT2D eigenvalue weighted by Crippen LogP contribution is -2.36. The van der Waals surface area contributed by atoms with Crippen molar-refractivity contribution < 1.29 is 0 Å². The highest BCUT2D eigenvalue weighted by molar-refractivity contribution is 6.31. The van der Waals surface area contributed by atoms with Gasteiger partial charge in [-0.3, -0.25) is 4.68 Å². The minimum Gasteiger partial charge on any atom is -0.312 e. The normalized spacial score (nSPS) is 12.4. The summed E-state index contributed by atoms with van der Waals surface area (Å²) in [7, 11) is 0. The minimum atomic E-state index is 0.183. The molecular formula is C13H24ClN3. The van der Waals surface area contributed by atoms with Crippen LogP contribution in [0.2, 0.25) is 5.02 Å². The third-order valence-corrected chi connectivity index (χ3v) is 2.90. The molecule has 1 N–H and O–H groups in total. The first kappa shape index (κ1) is 14.5. The molecule has 0 aliphatic heterocycles. The first-order valence-corrected chi connectivity index (χ1v) is 6.66. The average Bonchev–Trinajstić information content (AvgIpc) is 2.53. The average molecular weight is 258 g/mol. The third-order valence-electron chi connectivity index (χ3n) is 2.58. The molecule has 0 fully saturated rings. The first-order chi connectivity index (χ1) is 7.81. The van der Waals surface area contributed by atoms with Crippen molar-refractivity contribution in [2.45, 2.75) is 59.0 Å². The van der Waals surface area contributed by atoms with Gasteiger partial charge in [-0.05, 0) is 54.0 Å². The van der Waals surface area contributed by atoms with Crippen LogP contribution in [-0.2, 0) is 6.42 Å². The van der Waals surface area contributed by atoms with Crippen LogP contribution < -0.4 is 5.32 Å². The molecule has 0 radical (unpaired) electrons. The lowest BCUT2D eigenvalue weighted by atomic mass is 10.1. The van der Waals surface area contributed by atoms with Crippen LogP contribution in [0, 0.1) is 0 Å². The van der Waals surface area contributed by atoms with E-state index in [2.05, 4.69) is 45.0 Å². The van der Waals surface area contributed by atoms with Crippen molar-refractivity contribution >= 4 is 11.6 Å². The molecule has 0 aromatic carbocycles. The number of hydrogen-bond donors (Lipinski definition) is 1. The van der Waals surface area contributed by atoms with Gasteiger partial charge >= 0.3 is 0 Å². The number of halogens is 1. The van der Waals surface area contributed by atoms with E-state index in [9.17, 15) is 0 Å². The number of aromatic nitrogens is 2. The zero-order valence-electron chi connectivity index (χ0n) is 11.5. The van der Waals surface area contributed by atoms with E-state index in [0.29, 0.717) is 6.04 Å². The zero-order valence-corrected chi connectivity index (χ0v) is 12.3. The van der Waals surface area contributed by atoms with Crippen LogP contribution in [-0.4, -0.2) is 21.9 Å². The fourth-order valence-electron chi connectivity index (χ4n) is 1.76. The van der Waals surface area contributed by atoms with E-state index >= 15 is 0 Å². The summed E-state index contributed by atoms with van der Waals surface area (Å²) in [5, 5.41) is 8.57. The smallest absolute Gasteiger partial charge is 0.0817 e. The van der Waals surface area contributed by atoms with Crippen molar-refractivity contribution in [3.05, 3.63) is 16.9 Å². The van der Waals surface area contributed by atoms with Gasteiger partial charge in [0.15, 0.2) is 0 Å². The largest absolute Gasteiger partial charge is 0.312 e. The van der Waals surface area contributed by atoms with E-state index in [1.165, 1.54) is 0 Å². The van der Waals surface area contributed by atoms with Crippen molar-refractivity contribution in [3.8, 4) is 0 Å². The second-order valence-corrected chi connectivity index (χ2v) is 6.17. The van der Waals surface area contributed by atoms with Crippen LogP contribution in [0.5, 0.6) is 0 Å². The van der Waals surface area contributed by atoms with E-state index in [1.54, 1.807) is 6.20 Å². The predicted molar refractivity (Wildman–Crippen MR) is 73.7 cm³/mol. The molecule has 0 saturated carbocycles. The molecule has 0 unspecified atom stereocenters. The van der Waals surface area contributed by atoms with Crippen molar-refractivity contribution in [3.63, 3.8) is 0 Å². The van der Waals surface area contributed by atoms with Gasteiger partial charge in [-0.2, -0.15) is 5.10 Å². The highest BCUT2D eigenvalue weighted by atomic mass is 35.5. The highest BCUT2D eigenvalue weighted by Gasteiger charge is 2.12. The molecule has 1 aromatic rings. The van der Waals surface area contributed by atoms with E-state index in [0.717, 1.165) is 30.1 Å².